The second-order valence-electron chi connectivity index (χ2n) is 10.2. The van der Waals surface area contributed by atoms with Crippen LogP contribution >= 0.6 is 0 Å². The predicted molar refractivity (Wildman–Crippen MR) is 140 cm³/mol. The van der Waals surface area contributed by atoms with E-state index in [-0.39, 0.29) is 16.2 Å². The maximum atomic E-state index is 12.1. The number of rotatable bonds is 7. The SMILES string of the molecule is C/N=C(\C=C/NC1CCN(Cc2c3c(c(C)c(C)c2[N+](=O)[O-])OC(C)(C)C3)CC1)c1ccccc1. The number of fused-ring (bicyclic) bond motifs is 1. The van der Waals surface area contributed by atoms with Crippen molar-refractivity contribution in [2.45, 2.75) is 65.1 Å². The van der Waals surface area contributed by atoms with E-state index in [1.165, 1.54) is 0 Å². The molecule has 0 unspecified atom stereocenters. The number of nitrogens with zero attached hydrogens (tertiary/aromatic N) is 3. The van der Waals surface area contributed by atoms with E-state index in [9.17, 15) is 10.1 Å². The number of aliphatic imine (C=N–C) groups is 1. The minimum absolute atomic E-state index is 0.206. The Morgan fingerprint density at radius 1 is 1.23 bits per heavy atom. The number of nitro benzene ring substituents is 1. The van der Waals surface area contributed by atoms with Gasteiger partial charge in [-0.3, -0.25) is 20.0 Å². The van der Waals surface area contributed by atoms with Crippen LogP contribution in [0, 0.1) is 24.0 Å². The maximum absolute atomic E-state index is 12.1. The summed E-state index contributed by atoms with van der Waals surface area (Å²) in [5.41, 5.74) is 5.41. The number of hydrogen-bond donors (Lipinski definition) is 1. The summed E-state index contributed by atoms with van der Waals surface area (Å²) in [6.07, 6.45) is 6.68. The van der Waals surface area contributed by atoms with Gasteiger partial charge in [-0.25, -0.2) is 0 Å². The number of likely N-dealkylation sites (tertiary alicyclic amines) is 1. The van der Waals surface area contributed by atoms with Gasteiger partial charge in [-0.1, -0.05) is 30.3 Å². The number of allylic oxidation sites excluding steroid dienone is 1. The summed E-state index contributed by atoms with van der Waals surface area (Å²) in [4.78, 5) is 18.6. The molecule has 1 saturated heterocycles. The molecule has 7 nitrogen and oxygen atoms in total. The predicted octanol–water partition coefficient (Wildman–Crippen LogP) is 5.11. The Kier molecular flexibility index (Phi) is 7.26. The van der Waals surface area contributed by atoms with Crippen LogP contribution in [0.3, 0.4) is 0 Å². The van der Waals surface area contributed by atoms with Crippen LogP contribution in [0.5, 0.6) is 5.75 Å². The zero-order valence-electron chi connectivity index (χ0n) is 21.4. The molecule has 2 heterocycles. The van der Waals surface area contributed by atoms with Gasteiger partial charge >= 0.3 is 0 Å². The lowest BCUT2D eigenvalue weighted by Gasteiger charge is -2.32. The highest BCUT2D eigenvalue weighted by molar-refractivity contribution is 6.08. The second-order valence-corrected chi connectivity index (χ2v) is 10.2. The molecule has 0 aromatic heterocycles. The fourth-order valence-corrected chi connectivity index (χ4v) is 5.21. The highest BCUT2D eigenvalue weighted by atomic mass is 16.6. The first-order valence-corrected chi connectivity index (χ1v) is 12.4. The van der Waals surface area contributed by atoms with Crippen LogP contribution in [0.1, 0.15) is 54.5 Å². The van der Waals surface area contributed by atoms with E-state index in [1.54, 1.807) is 7.05 Å². The highest BCUT2D eigenvalue weighted by Crippen LogP contribution is 2.45. The van der Waals surface area contributed by atoms with Crippen LogP contribution in [0.15, 0.2) is 47.6 Å². The molecule has 35 heavy (non-hydrogen) atoms. The second kappa shape index (κ2) is 10.2. The van der Waals surface area contributed by atoms with Crippen molar-refractivity contribution in [1.29, 1.82) is 0 Å². The van der Waals surface area contributed by atoms with Gasteiger partial charge in [0.2, 0.25) is 0 Å². The first-order valence-electron chi connectivity index (χ1n) is 12.4. The molecule has 0 bridgehead atoms. The van der Waals surface area contributed by atoms with Crippen molar-refractivity contribution in [2.24, 2.45) is 4.99 Å². The van der Waals surface area contributed by atoms with Crippen molar-refractivity contribution in [1.82, 2.24) is 10.2 Å². The molecule has 0 saturated carbocycles. The monoisotopic (exact) mass is 476 g/mol. The Balaban J connectivity index is 1.42. The lowest BCUT2D eigenvalue weighted by Crippen LogP contribution is -2.40. The van der Waals surface area contributed by atoms with Crippen LogP contribution in [0.25, 0.3) is 0 Å². The summed E-state index contributed by atoms with van der Waals surface area (Å²) in [6, 6.07) is 10.5. The Bertz CT molecular complexity index is 1150. The van der Waals surface area contributed by atoms with Crippen LogP contribution in [-0.2, 0) is 13.0 Å². The van der Waals surface area contributed by atoms with Gasteiger partial charge in [0, 0.05) is 55.8 Å². The molecule has 1 N–H and O–H groups in total. The minimum Gasteiger partial charge on any atom is -0.487 e. The van der Waals surface area contributed by atoms with Gasteiger partial charge in [-0.05, 0) is 58.4 Å². The Morgan fingerprint density at radius 2 is 1.91 bits per heavy atom. The van der Waals surface area contributed by atoms with Crippen LogP contribution in [0.4, 0.5) is 5.69 Å². The largest absolute Gasteiger partial charge is 0.487 e. The highest BCUT2D eigenvalue weighted by Gasteiger charge is 2.38. The first kappa shape index (κ1) is 24.9. The molecular formula is C28H36N4O3. The molecule has 186 valence electrons. The fourth-order valence-electron chi connectivity index (χ4n) is 5.21. The summed E-state index contributed by atoms with van der Waals surface area (Å²) < 4.78 is 6.22. The van der Waals surface area contributed by atoms with E-state index in [0.29, 0.717) is 19.0 Å². The molecule has 1 fully saturated rings. The normalized spacial score (nSPS) is 18.5. The van der Waals surface area contributed by atoms with E-state index in [4.69, 9.17) is 4.74 Å². The zero-order chi connectivity index (χ0) is 25.2. The Morgan fingerprint density at radius 3 is 2.54 bits per heavy atom. The van der Waals surface area contributed by atoms with Gasteiger partial charge < -0.3 is 10.1 Å². The maximum Gasteiger partial charge on any atom is 0.277 e. The van der Waals surface area contributed by atoms with Crippen molar-refractivity contribution in [2.75, 3.05) is 20.1 Å². The first-order chi connectivity index (χ1) is 16.7. The van der Waals surface area contributed by atoms with Gasteiger partial charge in [-0.15, -0.1) is 0 Å². The summed E-state index contributed by atoms with van der Waals surface area (Å²) in [6.45, 7) is 10.2. The average molecular weight is 477 g/mol. The van der Waals surface area contributed by atoms with E-state index >= 15 is 0 Å². The number of nitro groups is 1. The molecule has 4 rings (SSSR count). The molecule has 2 aromatic carbocycles. The van der Waals surface area contributed by atoms with Crippen molar-refractivity contribution in [3.8, 4) is 5.75 Å². The third kappa shape index (κ3) is 5.40. The number of nitrogens with one attached hydrogen (secondary N) is 1. The topological polar surface area (TPSA) is 80.0 Å². The standard InChI is InChI=1S/C28H36N4O3/c1-19-20(2)27-23(17-28(3,4)35-27)24(26(19)32(33)34)18-31-15-12-22(13-16-31)30-14-11-25(29-5)21-9-7-6-8-10-21/h6-11,14,22,30H,12-13,15-18H2,1-5H3/b14-11-,29-25+. The lowest BCUT2D eigenvalue weighted by molar-refractivity contribution is -0.386. The molecule has 2 aliphatic heterocycles. The van der Waals surface area contributed by atoms with E-state index < -0.39 is 0 Å². The van der Waals surface area contributed by atoms with Crippen LogP contribution < -0.4 is 10.1 Å². The van der Waals surface area contributed by atoms with Crippen LogP contribution in [-0.4, -0.2) is 47.3 Å². The minimum atomic E-state index is -0.340. The average Bonchev–Trinajstić information content (AvgIpc) is 3.17. The fraction of sp³-hybridized carbons (Fsp3) is 0.464. The number of benzene rings is 2. The van der Waals surface area contributed by atoms with Gasteiger partial charge in [0.15, 0.2) is 0 Å². The molecule has 0 radical (unpaired) electrons. The van der Waals surface area contributed by atoms with Crippen molar-refractivity contribution >= 4 is 11.4 Å². The van der Waals surface area contributed by atoms with E-state index in [1.807, 2.05) is 44.3 Å². The van der Waals surface area contributed by atoms with Gasteiger partial charge in [0.25, 0.3) is 5.69 Å². The Hall–Kier alpha value is -3.19. The summed E-state index contributed by atoms with van der Waals surface area (Å²) >= 11 is 0. The van der Waals surface area contributed by atoms with Gasteiger partial charge in [-0.2, -0.15) is 0 Å². The number of piperidine rings is 1. The molecule has 7 heteroatoms. The lowest BCUT2D eigenvalue weighted by atomic mass is 9.91. The third-order valence-electron chi connectivity index (χ3n) is 7.20. The smallest absolute Gasteiger partial charge is 0.277 e. The van der Waals surface area contributed by atoms with Gasteiger partial charge in [0.1, 0.15) is 11.4 Å². The number of hydrogen-bond acceptors (Lipinski definition) is 6. The van der Waals surface area contributed by atoms with Gasteiger partial charge in [0.05, 0.1) is 16.2 Å². The quantitative estimate of drug-likeness (QED) is 0.341. The van der Waals surface area contributed by atoms with Crippen LogP contribution in [0.2, 0.25) is 0 Å². The van der Waals surface area contributed by atoms with Crippen molar-refractivity contribution < 1.29 is 9.66 Å². The molecule has 0 spiro atoms. The molecule has 2 aliphatic rings. The van der Waals surface area contributed by atoms with Crippen molar-refractivity contribution in [3.05, 3.63) is 80.5 Å². The zero-order valence-corrected chi connectivity index (χ0v) is 21.4. The summed E-state index contributed by atoms with van der Waals surface area (Å²) in [5.74, 6) is 0.849. The molecule has 0 amide bonds. The Labute approximate surface area is 208 Å². The number of ether oxygens (including phenoxy) is 1. The van der Waals surface area contributed by atoms with E-state index in [2.05, 4.69) is 41.2 Å². The summed E-state index contributed by atoms with van der Waals surface area (Å²) in [5, 5.41) is 15.6. The molecule has 2 aromatic rings. The molecule has 0 aliphatic carbocycles. The molecule has 0 atom stereocenters. The van der Waals surface area contributed by atoms with E-state index in [0.717, 1.165) is 65.2 Å². The molecular weight excluding hydrogens is 440 g/mol. The van der Waals surface area contributed by atoms with Crippen molar-refractivity contribution in [3.63, 3.8) is 0 Å². The summed E-state index contributed by atoms with van der Waals surface area (Å²) in [7, 11) is 1.81. The third-order valence-corrected chi connectivity index (χ3v) is 7.20.